The first-order valence-electron chi connectivity index (χ1n) is 9.16. The average Bonchev–Trinajstić information content (AvgIpc) is 3.08. The van der Waals surface area contributed by atoms with Gasteiger partial charge in [-0.15, -0.1) is 0 Å². The first-order valence-corrected chi connectivity index (χ1v) is 9.16. The molecule has 3 heterocycles. The van der Waals surface area contributed by atoms with Gasteiger partial charge in [0.05, 0.1) is 24.4 Å². The predicted octanol–water partition coefficient (Wildman–Crippen LogP) is 1.73. The molecule has 0 atom stereocenters. The molecule has 3 amide bonds. The fourth-order valence-corrected chi connectivity index (χ4v) is 3.27. The summed E-state index contributed by atoms with van der Waals surface area (Å²) in [5, 5.41) is 6.18. The van der Waals surface area contributed by atoms with E-state index in [1.807, 2.05) is 18.2 Å². The maximum absolute atomic E-state index is 12.4. The Kier molecular flexibility index (Phi) is 5.00. The van der Waals surface area contributed by atoms with Crippen molar-refractivity contribution in [2.45, 2.75) is 0 Å². The quantitative estimate of drug-likeness (QED) is 0.606. The van der Waals surface area contributed by atoms with Gasteiger partial charge in [-0.25, -0.2) is 24.1 Å². The zero-order valence-electron chi connectivity index (χ0n) is 15.9. The number of benzene rings is 1. The van der Waals surface area contributed by atoms with Crippen LogP contribution in [-0.4, -0.2) is 64.8 Å². The second-order valence-electron chi connectivity index (χ2n) is 6.55. The molecular formula is C19H21N7O3. The number of carbonyl (C=O) groups is 2. The highest BCUT2D eigenvalue weighted by molar-refractivity contribution is 5.97. The molecule has 1 aliphatic rings. The van der Waals surface area contributed by atoms with Crippen molar-refractivity contribution in [3.8, 4) is 11.3 Å². The molecule has 0 saturated carbocycles. The van der Waals surface area contributed by atoms with Crippen LogP contribution in [0.5, 0.6) is 0 Å². The lowest BCUT2D eigenvalue weighted by Gasteiger charge is -2.26. The van der Waals surface area contributed by atoms with Crippen LogP contribution in [-0.2, 0) is 4.74 Å². The molecule has 0 spiro atoms. The molecular weight excluding hydrogens is 374 g/mol. The van der Waals surface area contributed by atoms with Crippen molar-refractivity contribution >= 4 is 34.6 Å². The molecule has 10 heteroatoms. The fraction of sp³-hybridized carbons (Fsp3) is 0.263. The molecule has 4 rings (SSSR count). The predicted molar refractivity (Wildman–Crippen MR) is 109 cm³/mol. The van der Waals surface area contributed by atoms with E-state index in [4.69, 9.17) is 10.5 Å². The molecule has 1 fully saturated rings. The number of morpholine rings is 1. The number of urea groups is 1. The van der Waals surface area contributed by atoms with Gasteiger partial charge in [-0.05, 0) is 18.2 Å². The zero-order valence-corrected chi connectivity index (χ0v) is 15.9. The van der Waals surface area contributed by atoms with Crippen LogP contribution in [0.4, 0.5) is 21.2 Å². The number of nitrogens with two attached hydrogens (primary N) is 1. The number of aromatic nitrogens is 3. The van der Waals surface area contributed by atoms with E-state index in [0.717, 1.165) is 10.9 Å². The number of rotatable bonds is 2. The number of anilines is 2. The summed E-state index contributed by atoms with van der Waals surface area (Å²) in [7, 11) is 1.55. The van der Waals surface area contributed by atoms with E-state index in [1.54, 1.807) is 24.1 Å². The van der Waals surface area contributed by atoms with Crippen molar-refractivity contribution in [3.05, 3.63) is 36.7 Å². The smallest absolute Gasteiger partial charge is 0.327 e. The number of ether oxygens (including phenoxy) is 1. The van der Waals surface area contributed by atoms with Crippen LogP contribution in [0.2, 0.25) is 0 Å². The molecule has 0 aliphatic carbocycles. The number of nitrogen functional groups attached to an aromatic ring is 1. The van der Waals surface area contributed by atoms with Gasteiger partial charge in [0.2, 0.25) is 0 Å². The molecule has 0 bridgehead atoms. The Morgan fingerprint density at radius 2 is 1.90 bits per heavy atom. The summed E-state index contributed by atoms with van der Waals surface area (Å²) < 4.78 is 6.67. The summed E-state index contributed by atoms with van der Waals surface area (Å²) in [6.07, 6.45) is 1.40. The number of amides is 3. The lowest BCUT2D eigenvalue weighted by Crippen LogP contribution is -2.43. The topological polar surface area (TPSA) is 127 Å². The third-order valence-electron chi connectivity index (χ3n) is 4.74. The second-order valence-corrected chi connectivity index (χ2v) is 6.55. The van der Waals surface area contributed by atoms with Crippen molar-refractivity contribution in [1.29, 1.82) is 0 Å². The molecule has 3 aromatic rings. The van der Waals surface area contributed by atoms with E-state index < -0.39 is 0 Å². The molecule has 1 saturated heterocycles. The van der Waals surface area contributed by atoms with Crippen molar-refractivity contribution in [3.63, 3.8) is 0 Å². The summed E-state index contributed by atoms with van der Waals surface area (Å²) in [5.74, 6) is 0.756. The third-order valence-corrected chi connectivity index (χ3v) is 4.74. The molecule has 4 N–H and O–H groups in total. The van der Waals surface area contributed by atoms with Gasteiger partial charge in [0, 0.05) is 37.2 Å². The minimum Gasteiger partial charge on any atom is -0.385 e. The molecule has 29 heavy (non-hydrogen) atoms. The normalized spacial score (nSPS) is 14.0. The Hall–Kier alpha value is -3.66. The van der Waals surface area contributed by atoms with Crippen LogP contribution in [0.15, 0.2) is 36.7 Å². The summed E-state index contributed by atoms with van der Waals surface area (Å²) >= 11 is 0. The van der Waals surface area contributed by atoms with E-state index in [-0.39, 0.29) is 12.1 Å². The molecule has 0 unspecified atom stereocenters. The number of nitrogens with one attached hydrogen (secondary N) is 2. The highest BCUT2D eigenvalue weighted by atomic mass is 16.5. The van der Waals surface area contributed by atoms with Gasteiger partial charge in [0.1, 0.15) is 18.0 Å². The Balaban J connectivity index is 1.60. The van der Waals surface area contributed by atoms with E-state index in [2.05, 4.69) is 20.6 Å². The molecule has 150 valence electrons. The van der Waals surface area contributed by atoms with Gasteiger partial charge in [-0.1, -0.05) is 6.07 Å². The fourth-order valence-electron chi connectivity index (χ4n) is 3.27. The maximum atomic E-state index is 12.4. The lowest BCUT2D eigenvalue weighted by molar-refractivity contribution is 0.0564. The third kappa shape index (κ3) is 3.69. The Labute approximate surface area is 166 Å². The van der Waals surface area contributed by atoms with Crippen molar-refractivity contribution < 1.29 is 14.3 Å². The monoisotopic (exact) mass is 395 g/mol. The van der Waals surface area contributed by atoms with Crippen LogP contribution in [0.1, 0.15) is 0 Å². The van der Waals surface area contributed by atoms with Crippen LogP contribution in [0, 0.1) is 0 Å². The van der Waals surface area contributed by atoms with Crippen molar-refractivity contribution in [1.82, 2.24) is 24.8 Å². The summed E-state index contributed by atoms with van der Waals surface area (Å²) in [6, 6.07) is 8.46. The minimum atomic E-state index is -0.305. The lowest BCUT2D eigenvalue weighted by atomic mass is 10.1. The molecule has 1 aromatic carbocycles. The van der Waals surface area contributed by atoms with Gasteiger partial charge in [-0.2, -0.15) is 0 Å². The standard InChI is InChI=1S/C19H21N7O3/c1-21-18(27)26-15-3-2-12(8-13(15)9-16(26)20)14-10-17(23-11-22-14)24-19(28)25-4-6-29-7-5-25/h2-3,8-11H,4-7,20H2,1H3,(H,21,27)(H,22,23,24,28). The van der Waals surface area contributed by atoms with E-state index >= 15 is 0 Å². The van der Waals surface area contributed by atoms with Crippen LogP contribution >= 0.6 is 0 Å². The molecule has 2 aromatic heterocycles. The Bertz CT molecular complexity index is 1070. The van der Waals surface area contributed by atoms with E-state index in [1.165, 1.54) is 10.9 Å². The highest BCUT2D eigenvalue weighted by Gasteiger charge is 2.18. The first kappa shape index (κ1) is 18.7. The van der Waals surface area contributed by atoms with Gasteiger partial charge in [0.15, 0.2) is 0 Å². The van der Waals surface area contributed by atoms with E-state index in [9.17, 15) is 9.59 Å². The Morgan fingerprint density at radius 3 is 2.66 bits per heavy atom. The second kappa shape index (κ2) is 7.76. The van der Waals surface area contributed by atoms with Gasteiger partial charge < -0.3 is 20.7 Å². The Morgan fingerprint density at radius 1 is 1.10 bits per heavy atom. The van der Waals surface area contributed by atoms with Crippen molar-refractivity contribution in [2.75, 3.05) is 44.4 Å². The summed E-state index contributed by atoms with van der Waals surface area (Å²) in [5.41, 5.74) is 8.14. The SMILES string of the molecule is CNC(=O)n1c(N)cc2cc(-c3cc(NC(=O)N4CCOCC4)ncn3)ccc21. The highest BCUT2D eigenvalue weighted by Crippen LogP contribution is 2.27. The molecule has 1 aliphatic heterocycles. The van der Waals surface area contributed by atoms with Crippen LogP contribution in [0.25, 0.3) is 22.2 Å². The van der Waals surface area contributed by atoms with Gasteiger partial charge >= 0.3 is 12.1 Å². The molecule has 0 radical (unpaired) electrons. The minimum absolute atomic E-state index is 0.219. The number of fused-ring (bicyclic) bond motifs is 1. The van der Waals surface area contributed by atoms with Gasteiger partial charge in [-0.3, -0.25) is 5.32 Å². The largest absolute Gasteiger partial charge is 0.385 e. The number of carbonyl (C=O) groups excluding carboxylic acids is 2. The zero-order chi connectivity index (χ0) is 20.4. The number of hydrogen-bond donors (Lipinski definition) is 3. The van der Waals surface area contributed by atoms with E-state index in [0.29, 0.717) is 49.1 Å². The first-order chi connectivity index (χ1) is 14.1. The maximum Gasteiger partial charge on any atom is 0.327 e. The van der Waals surface area contributed by atoms with Crippen LogP contribution in [0.3, 0.4) is 0 Å². The van der Waals surface area contributed by atoms with Gasteiger partial charge in [0.25, 0.3) is 0 Å². The summed E-state index contributed by atoms with van der Waals surface area (Å²) in [4.78, 5) is 34.5. The molecule has 10 nitrogen and oxygen atoms in total. The average molecular weight is 395 g/mol. The number of nitrogens with zero attached hydrogens (tertiary/aromatic N) is 4. The summed E-state index contributed by atoms with van der Waals surface area (Å²) in [6.45, 7) is 2.15. The number of hydrogen-bond acceptors (Lipinski definition) is 6. The van der Waals surface area contributed by atoms with Crippen molar-refractivity contribution in [2.24, 2.45) is 0 Å². The van der Waals surface area contributed by atoms with Crippen LogP contribution < -0.4 is 16.4 Å².